The van der Waals surface area contributed by atoms with Crippen LogP contribution in [0.3, 0.4) is 0 Å². The molecule has 19 heavy (non-hydrogen) atoms. The second-order valence-corrected chi connectivity index (χ2v) is 5.04. The van der Waals surface area contributed by atoms with E-state index in [0.717, 1.165) is 5.56 Å². The van der Waals surface area contributed by atoms with Gasteiger partial charge in [0.05, 0.1) is 5.02 Å². The van der Waals surface area contributed by atoms with Gasteiger partial charge in [-0.3, -0.25) is 4.79 Å². The fourth-order valence-corrected chi connectivity index (χ4v) is 1.96. The van der Waals surface area contributed by atoms with Crippen molar-refractivity contribution in [1.82, 2.24) is 4.98 Å². The average molecular weight is 299 g/mol. The van der Waals surface area contributed by atoms with Crippen LogP contribution in [0.5, 0.6) is 5.75 Å². The summed E-state index contributed by atoms with van der Waals surface area (Å²) in [6.45, 7) is 3.55. The molecule has 0 unspecified atom stereocenters. The van der Waals surface area contributed by atoms with Gasteiger partial charge in [-0.05, 0) is 43.2 Å². The highest BCUT2D eigenvalue weighted by Crippen LogP contribution is 2.26. The summed E-state index contributed by atoms with van der Waals surface area (Å²) >= 11 is 11.5. The zero-order chi connectivity index (χ0) is 14.2. The number of phenols is 1. The summed E-state index contributed by atoms with van der Waals surface area (Å²) < 4.78 is 0. The van der Waals surface area contributed by atoms with E-state index < -0.39 is 0 Å². The quantitative estimate of drug-likeness (QED) is 0.736. The zero-order valence-electron chi connectivity index (χ0n) is 10.3. The van der Waals surface area contributed by atoms with Crippen molar-refractivity contribution in [3.8, 4) is 5.75 Å². The van der Waals surface area contributed by atoms with E-state index in [-0.39, 0.29) is 22.5 Å². The molecule has 0 aliphatic heterocycles. The number of carbonyl (C=O) groups is 1. The predicted octanol–water partition coefficient (Wildman–Crippen LogP) is 3.90. The van der Waals surface area contributed by atoms with Gasteiger partial charge in [-0.1, -0.05) is 23.2 Å². The fourth-order valence-electron chi connectivity index (χ4n) is 1.65. The van der Waals surface area contributed by atoms with Crippen molar-refractivity contribution >= 4 is 34.8 Å². The van der Waals surface area contributed by atoms with Crippen LogP contribution in [0.1, 0.15) is 21.6 Å². The van der Waals surface area contributed by atoms with Crippen molar-refractivity contribution in [3.05, 3.63) is 45.2 Å². The first-order valence-corrected chi connectivity index (χ1v) is 6.29. The Kier molecular flexibility index (Phi) is 3.73. The molecular weight excluding hydrogens is 287 g/mol. The van der Waals surface area contributed by atoms with Crippen LogP contribution >= 0.6 is 23.2 Å². The van der Waals surface area contributed by atoms with Crippen molar-refractivity contribution in [2.24, 2.45) is 0 Å². The van der Waals surface area contributed by atoms with Crippen molar-refractivity contribution in [1.29, 1.82) is 0 Å². The number of aromatic hydroxyl groups is 1. The molecule has 0 saturated heterocycles. The molecule has 0 atom stereocenters. The smallest absolute Gasteiger partial charge is 0.272 e. The summed E-state index contributed by atoms with van der Waals surface area (Å²) in [6.07, 6.45) is 0. The lowest BCUT2D eigenvalue weighted by Crippen LogP contribution is -2.13. The first-order chi connectivity index (χ1) is 8.88. The minimum Gasteiger partial charge on any atom is -0.508 e. The van der Waals surface area contributed by atoms with E-state index in [0.29, 0.717) is 16.3 Å². The molecule has 0 bridgehead atoms. The van der Waals surface area contributed by atoms with E-state index in [2.05, 4.69) is 10.3 Å². The number of hydrogen-bond donors (Lipinski definition) is 3. The first-order valence-electron chi connectivity index (χ1n) is 5.54. The Hall–Kier alpha value is -1.65. The van der Waals surface area contributed by atoms with Gasteiger partial charge in [0.2, 0.25) is 0 Å². The molecule has 1 aromatic heterocycles. The molecule has 0 saturated carbocycles. The summed E-state index contributed by atoms with van der Waals surface area (Å²) in [5.41, 5.74) is 2.35. The largest absolute Gasteiger partial charge is 0.508 e. The molecule has 1 heterocycles. The summed E-state index contributed by atoms with van der Waals surface area (Å²) in [6, 6.07) is 4.76. The van der Waals surface area contributed by atoms with Crippen molar-refractivity contribution in [2.75, 3.05) is 5.32 Å². The number of aryl methyl sites for hydroxylation is 2. The highest BCUT2D eigenvalue weighted by molar-refractivity contribution is 6.41. The number of carbonyl (C=O) groups excluding carboxylic acids is 1. The van der Waals surface area contributed by atoms with Gasteiger partial charge in [0.15, 0.2) is 0 Å². The van der Waals surface area contributed by atoms with E-state index in [1.807, 2.05) is 0 Å². The third-order valence-corrected chi connectivity index (χ3v) is 3.45. The number of aromatic nitrogens is 1. The van der Waals surface area contributed by atoms with Gasteiger partial charge in [-0.15, -0.1) is 0 Å². The minimum absolute atomic E-state index is 0.196. The Morgan fingerprint density at radius 2 is 1.89 bits per heavy atom. The van der Waals surface area contributed by atoms with Crippen molar-refractivity contribution in [2.45, 2.75) is 13.8 Å². The minimum atomic E-state index is -0.345. The van der Waals surface area contributed by atoms with Crippen molar-refractivity contribution in [3.63, 3.8) is 0 Å². The molecule has 1 amide bonds. The van der Waals surface area contributed by atoms with Gasteiger partial charge in [0, 0.05) is 5.69 Å². The van der Waals surface area contributed by atoms with Gasteiger partial charge in [0.25, 0.3) is 5.91 Å². The molecule has 0 fully saturated rings. The second-order valence-electron chi connectivity index (χ2n) is 4.25. The van der Waals surface area contributed by atoms with Gasteiger partial charge >= 0.3 is 0 Å². The van der Waals surface area contributed by atoms with E-state index in [4.69, 9.17) is 23.2 Å². The van der Waals surface area contributed by atoms with E-state index in [1.165, 1.54) is 6.07 Å². The lowest BCUT2D eigenvalue weighted by molar-refractivity contribution is 0.102. The standard InChI is InChI=1S/C13H12Cl2N2O2/c1-6-4-11(18)7(2)3-9(6)17-13(19)10-5-8(14)12(15)16-10/h3-5,16,18H,1-2H3,(H,17,19). The third kappa shape index (κ3) is 2.85. The third-order valence-electron chi connectivity index (χ3n) is 2.76. The number of H-pyrrole nitrogens is 1. The zero-order valence-corrected chi connectivity index (χ0v) is 11.9. The summed E-state index contributed by atoms with van der Waals surface area (Å²) in [5.74, 6) is -0.150. The van der Waals surface area contributed by atoms with Gasteiger partial charge in [0.1, 0.15) is 16.6 Å². The Labute approximate surface area is 120 Å². The molecule has 1 aromatic carbocycles. The van der Waals surface area contributed by atoms with E-state index >= 15 is 0 Å². The maximum absolute atomic E-state index is 12.0. The molecule has 100 valence electrons. The molecule has 0 radical (unpaired) electrons. The maximum atomic E-state index is 12.0. The number of amides is 1. The van der Waals surface area contributed by atoms with Gasteiger partial charge < -0.3 is 15.4 Å². The normalized spacial score (nSPS) is 10.5. The van der Waals surface area contributed by atoms with Crippen LogP contribution in [-0.4, -0.2) is 16.0 Å². The second kappa shape index (κ2) is 5.15. The molecule has 2 aromatic rings. The topological polar surface area (TPSA) is 65.1 Å². The molecule has 2 rings (SSSR count). The number of nitrogens with one attached hydrogen (secondary N) is 2. The Balaban J connectivity index is 2.26. The van der Waals surface area contributed by atoms with Crippen LogP contribution in [0.2, 0.25) is 10.2 Å². The summed E-state index contributed by atoms with van der Waals surface area (Å²) in [4.78, 5) is 14.7. The average Bonchev–Trinajstić information content (AvgIpc) is 2.67. The van der Waals surface area contributed by atoms with E-state index in [9.17, 15) is 9.90 Å². The predicted molar refractivity (Wildman–Crippen MR) is 76.3 cm³/mol. The van der Waals surface area contributed by atoms with Crippen LogP contribution in [-0.2, 0) is 0 Å². The van der Waals surface area contributed by atoms with Crippen LogP contribution < -0.4 is 5.32 Å². The SMILES string of the molecule is Cc1cc(NC(=O)c2cc(Cl)c(Cl)[nH]2)c(C)cc1O. The first kappa shape index (κ1) is 13.8. The fraction of sp³-hybridized carbons (Fsp3) is 0.154. The number of rotatable bonds is 2. The monoisotopic (exact) mass is 298 g/mol. The maximum Gasteiger partial charge on any atom is 0.272 e. The highest BCUT2D eigenvalue weighted by Gasteiger charge is 2.13. The summed E-state index contributed by atoms with van der Waals surface area (Å²) in [5, 5.41) is 12.8. The number of halogens is 2. The number of anilines is 1. The Bertz CT molecular complexity index is 631. The Morgan fingerprint density at radius 1 is 1.21 bits per heavy atom. The highest BCUT2D eigenvalue weighted by atomic mass is 35.5. The van der Waals surface area contributed by atoms with E-state index in [1.54, 1.807) is 26.0 Å². The molecule has 4 nitrogen and oxygen atoms in total. The van der Waals surface area contributed by atoms with Crippen LogP contribution in [0.25, 0.3) is 0 Å². The number of phenolic OH excluding ortho intramolecular Hbond substituents is 1. The molecule has 6 heteroatoms. The lowest BCUT2D eigenvalue weighted by atomic mass is 10.1. The Morgan fingerprint density at radius 3 is 2.47 bits per heavy atom. The number of aromatic amines is 1. The van der Waals surface area contributed by atoms with Gasteiger partial charge in [-0.2, -0.15) is 0 Å². The van der Waals surface area contributed by atoms with Crippen molar-refractivity contribution < 1.29 is 9.90 Å². The lowest BCUT2D eigenvalue weighted by Gasteiger charge is -2.10. The van der Waals surface area contributed by atoms with Crippen LogP contribution in [0.4, 0.5) is 5.69 Å². The molecule has 3 N–H and O–H groups in total. The van der Waals surface area contributed by atoms with Crippen LogP contribution in [0, 0.1) is 13.8 Å². The molecule has 0 aliphatic carbocycles. The molecule has 0 spiro atoms. The van der Waals surface area contributed by atoms with Gasteiger partial charge in [-0.25, -0.2) is 0 Å². The molecular formula is C13H12Cl2N2O2. The number of hydrogen-bond acceptors (Lipinski definition) is 2. The molecule has 0 aliphatic rings. The van der Waals surface area contributed by atoms with Crippen LogP contribution in [0.15, 0.2) is 18.2 Å². The summed E-state index contributed by atoms with van der Waals surface area (Å²) in [7, 11) is 0. The number of benzene rings is 1.